The van der Waals surface area contributed by atoms with Crippen LogP contribution in [0.5, 0.6) is 0 Å². The fourth-order valence-corrected chi connectivity index (χ4v) is 1.51. The molecular formula is C9H15NO3. The van der Waals surface area contributed by atoms with Crippen molar-refractivity contribution in [3.05, 3.63) is 0 Å². The quantitative estimate of drug-likeness (QED) is 0.642. The van der Waals surface area contributed by atoms with Crippen LogP contribution in [0.3, 0.4) is 0 Å². The maximum atomic E-state index is 10.9. The normalized spacial score (nSPS) is 18.4. The summed E-state index contributed by atoms with van der Waals surface area (Å²) in [4.78, 5) is 23.0. The van der Waals surface area contributed by atoms with Gasteiger partial charge in [-0.05, 0) is 18.8 Å². The van der Waals surface area contributed by atoms with E-state index < -0.39 is 12.0 Å². The summed E-state index contributed by atoms with van der Waals surface area (Å²) < 4.78 is 0. The molecule has 13 heavy (non-hydrogen) atoms. The average molecular weight is 185 g/mol. The summed E-state index contributed by atoms with van der Waals surface area (Å²) >= 11 is 0. The third-order valence-corrected chi connectivity index (χ3v) is 2.30. The molecule has 0 spiro atoms. The zero-order chi connectivity index (χ0) is 10.0. The van der Waals surface area contributed by atoms with Crippen LogP contribution in [-0.4, -0.2) is 34.5 Å². The first kappa shape index (κ1) is 10.0. The minimum Gasteiger partial charge on any atom is -0.480 e. The molecule has 0 heterocycles. The number of hydrogen-bond donors (Lipinski definition) is 1. The van der Waals surface area contributed by atoms with E-state index in [4.69, 9.17) is 5.11 Å². The van der Waals surface area contributed by atoms with Crippen molar-refractivity contribution in [2.24, 2.45) is 5.92 Å². The minimum atomic E-state index is -0.908. The maximum Gasteiger partial charge on any atom is 0.326 e. The van der Waals surface area contributed by atoms with Crippen molar-refractivity contribution in [1.29, 1.82) is 0 Å². The standard InChI is InChI=1S/C9H15NO3/c1-6(2)8(9(12)13)10(5-11)7-3-4-7/h5-8H,3-4H2,1-2H3,(H,12,13). The molecule has 1 saturated carbocycles. The molecule has 0 aromatic heterocycles. The molecule has 1 rings (SSSR count). The van der Waals surface area contributed by atoms with Crippen LogP contribution in [-0.2, 0) is 9.59 Å². The van der Waals surface area contributed by atoms with Gasteiger partial charge >= 0.3 is 5.97 Å². The summed E-state index contributed by atoms with van der Waals surface area (Å²) in [5.74, 6) is -0.947. The Balaban J connectivity index is 2.70. The molecule has 4 heteroatoms. The van der Waals surface area contributed by atoms with Crippen LogP contribution in [0.4, 0.5) is 0 Å². The fourth-order valence-electron chi connectivity index (χ4n) is 1.51. The van der Waals surface area contributed by atoms with Crippen LogP contribution in [0.2, 0.25) is 0 Å². The van der Waals surface area contributed by atoms with Crippen molar-refractivity contribution < 1.29 is 14.7 Å². The first-order valence-electron chi connectivity index (χ1n) is 4.53. The Kier molecular flexibility index (Phi) is 2.90. The van der Waals surface area contributed by atoms with Gasteiger partial charge in [-0.15, -0.1) is 0 Å². The van der Waals surface area contributed by atoms with E-state index in [9.17, 15) is 9.59 Å². The van der Waals surface area contributed by atoms with Crippen LogP contribution in [0.15, 0.2) is 0 Å². The van der Waals surface area contributed by atoms with Gasteiger partial charge in [0, 0.05) is 6.04 Å². The lowest BCUT2D eigenvalue weighted by atomic mass is 10.0. The highest BCUT2D eigenvalue weighted by atomic mass is 16.4. The molecule has 1 aliphatic rings. The molecule has 0 aromatic carbocycles. The van der Waals surface area contributed by atoms with Crippen molar-refractivity contribution in [2.45, 2.75) is 38.8 Å². The molecule has 1 N–H and O–H groups in total. The number of carbonyl (C=O) groups is 2. The van der Waals surface area contributed by atoms with E-state index in [1.807, 2.05) is 13.8 Å². The molecule has 1 aliphatic carbocycles. The van der Waals surface area contributed by atoms with E-state index in [1.165, 1.54) is 4.90 Å². The lowest BCUT2D eigenvalue weighted by Crippen LogP contribution is -2.45. The molecule has 1 amide bonds. The second-order valence-electron chi connectivity index (χ2n) is 3.81. The molecule has 0 bridgehead atoms. The molecule has 1 atom stereocenters. The Morgan fingerprint density at radius 1 is 1.54 bits per heavy atom. The second kappa shape index (κ2) is 3.77. The van der Waals surface area contributed by atoms with E-state index >= 15 is 0 Å². The number of hydrogen-bond acceptors (Lipinski definition) is 2. The summed E-state index contributed by atoms with van der Waals surface area (Å²) in [7, 11) is 0. The number of carbonyl (C=O) groups excluding carboxylic acids is 1. The van der Waals surface area contributed by atoms with Gasteiger partial charge in [-0.1, -0.05) is 13.8 Å². The van der Waals surface area contributed by atoms with Crippen LogP contribution in [0.25, 0.3) is 0 Å². The van der Waals surface area contributed by atoms with Gasteiger partial charge in [-0.25, -0.2) is 4.79 Å². The summed E-state index contributed by atoms with van der Waals surface area (Å²) in [5.41, 5.74) is 0. The van der Waals surface area contributed by atoms with Crippen molar-refractivity contribution in [1.82, 2.24) is 4.90 Å². The van der Waals surface area contributed by atoms with E-state index in [-0.39, 0.29) is 12.0 Å². The number of carboxylic acids is 1. The largest absolute Gasteiger partial charge is 0.480 e. The molecule has 1 unspecified atom stereocenters. The van der Waals surface area contributed by atoms with Gasteiger partial charge in [0.05, 0.1) is 0 Å². The zero-order valence-electron chi connectivity index (χ0n) is 7.93. The average Bonchev–Trinajstić information content (AvgIpc) is 2.80. The predicted octanol–water partition coefficient (Wildman–Crippen LogP) is 0.716. The van der Waals surface area contributed by atoms with Crippen molar-refractivity contribution in [3.63, 3.8) is 0 Å². The van der Waals surface area contributed by atoms with Gasteiger partial charge in [0.1, 0.15) is 6.04 Å². The smallest absolute Gasteiger partial charge is 0.326 e. The van der Waals surface area contributed by atoms with Crippen molar-refractivity contribution in [2.75, 3.05) is 0 Å². The van der Waals surface area contributed by atoms with Crippen LogP contribution >= 0.6 is 0 Å². The minimum absolute atomic E-state index is 0.0386. The molecule has 74 valence electrons. The highest BCUT2D eigenvalue weighted by Gasteiger charge is 2.37. The zero-order valence-corrected chi connectivity index (χ0v) is 7.93. The van der Waals surface area contributed by atoms with Gasteiger partial charge in [-0.2, -0.15) is 0 Å². The molecular weight excluding hydrogens is 170 g/mol. The summed E-state index contributed by atoms with van der Waals surface area (Å²) in [6.45, 7) is 3.63. The maximum absolute atomic E-state index is 10.9. The Hall–Kier alpha value is -1.06. The number of carboxylic acid groups (broad SMARTS) is 1. The SMILES string of the molecule is CC(C)C(C(=O)O)N(C=O)C1CC1. The first-order chi connectivity index (χ1) is 6.07. The predicted molar refractivity (Wildman–Crippen MR) is 47.2 cm³/mol. The number of aliphatic carboxylic acids is 1. The van der Waals surface area contributed by atoms with E-state index in [2.05, 4.69) is 0 Å². The molecule has 0 aliphatic heterocycles. The van der Waals surface area contributed by atoms with Crippen LogP contribution < -0.4 is 0 Å². The fraction of sp³-hybridized carbons (Fsp3) is 0.778. The topological polar surface area (TPSA) is 57.6 Å². The first-order valence-corrected chi connectivity index (χ1v) is 4.53. The van der Waals surface area contributed by atoms with Crippen molar-refractivity contribution >= 4 is 12.4 Å². The summed E-state index contributed by atoms with van der Waals surface area (Å²) in [6, 6.07) is -0.494. The Labute approximate surface area is 77.5 Å². The van der Waals surface area contributed by atoms with Gasteiger partial charge in [0.15, 0.2) is 0 Å². The highest BCUT2D eigenvalue weighted by molar-refractivity contribution is 5.76. The molecule has 4 nitrogen and oxygen atoms in total. The Morgan fingerprint density at radius 2 is 2.08 bits per heavy atom. The molecule has 0 aromatic rings. The van der Waals surface area contributed by atoms with Gasteiger partial charge in [0.25, 0.3) is 0 Å². The van der Waals surface area contributed by atoms with E-state index in [1.54, 1.807) is 0 Å². The highest BCUT2D eigenvalue weighted by Crippen LogP contribution is 2.29. The van der Waals surface area contributed by atoms with Crippen molar-refractivity contribution in [3.8, 4) is 0 Å². The lowest BCUT2D eigenvalue weighted by molar-refractivity contribution is -0.148. The monoisotopic (exact) mass is 185 g/mol. The third kappa shape index (κ3) is 2.20. The van der Waals surface area contributed by atoms with E-state index in [0.29, 0.717) is 6.41 Å². The summed E-state index contributed by atoms with van der Waals surface area (Å²) in [5, 5.41) is 8.92. The molecule has 0 radical (unpaired) electrons. The summed E-state index contributed by atoms with van der Waals surface area (Å²) in [6.07, 6.45) is 2.54. The number of amides is 1. The third-order valence-electron chi connectivity index (χ3n) is 2.30. The number of nitrogens with zero attached hydrogens (tertiary/aromatic N) is 1. The van der Waals surface area contributed by atoms with Gasteiger partial charge in [-0.3, -0.25) is 4.79 Å². The lowest BCUT2D eigenvalue weighted by Gasteiger charge is -2.27. The van der Waals surface area contributed by atoms with Crippen LogP contribution in [0.1, 0.15) is 26.7 Å². The number of rotatable bonds is 5. The second-order valence-corrected chi connectivity index (χ2v) is 3.81. The molecule has 0 saturated heterocycles. The Bertz CT molecular complexity index is 211. The van der Waals surface area contributed by atoms with Crippen LogP contribution in [0, 0.1) is 5.92 Å². The van der Waals surface area contributed by atoms with Gasteiger partial charge < -0.3 is 10.0 Å². The van der Waals surface area contributed by atoms with E-state index in [0.717, 1.165) is 12.8 Å². The molecule has 1 fully saturated rings. The Morgan fingerprint density at radius 3 is 2.31 bits per heavy atom. The van der Waals surface area contributed by atoms with Gasteiger partial charge in [0.2, 0.25) is 6.41 Å².